The molecule has 0 N–H and O–H groups in total. The molecule has 0 aromatic carbocycles. The summed E-state index contributed by atoms with van der Waals surface area (Å²) in [6.45, 7) is 3.67. The minimum absolute atomic E-state index is 0.719. The number of ether oxygens (including phenoxy) is 2. The molecule has 15 heavy (non-hydrogen) atoms. The summed E-state index contributed by atoms with van der Waals surface area (Å²) in [4.78, 5) is 4.27. The molecule has 0 bridgehead atoms. The van der Waals surface area contributed by atoms with E-state index < -0.39 is 0 Å². The average molecular weight is 225 g/mol. The Morgan fingerprint density at radius 3 is 2.87 bits per heavy atom. The van der Waals surface area contributed by atoms with Crippen LogP contribution in [0.5, 0.6) is 11.5 Å². The van der Waals surface area contributed by atoms with E-state index in [9.17, 15) is 0 Å². The van der Waals surface area contributed by atoms with Gasteiger partial charge in [0.15, 0.2) is 11.5 Å². The summed E-state index contributed by atoms with van der Waals surface area (Å²) < 4.78 is 10.5. The first-order valence-corrected chi connectivity index (χ1v) is 5.73. The van der Waals surface area contributed by atoms with Crippen LogP contribution >= 0.6 is 11.8 Å². The topological polar surface area (TPSA) is 31.4 Å². The molecule has 1 heterocycles. The quantitative estimate of drug-likeness (QED) is 0.550. The third kappa shape index (κ3) is 3.16. The van der Waals surface area contributed by atoms with Gasteiger partial charge in [-0.25, -0.2) is 0 Å². The molecule has 0 radical (unpaired) electrons. The molecule has 3 nitrogen and oxygen atoms in total. The number of hydrogen-bond donors (Lipinski definition) is 0. The van der Waals surface area contributed by atoms with Gasteiger partial charge < -0.3 is 9.47 Å². The van der Waals surface area contributed by atoms with Crippen LogP contribution in [-0.4, -0.2) is 25.0 Å². The first-order chi connectivity index (χ1) is 7.33. The van der Waals surface area contributed by atoms with Crippen LogP contribution < -0.4 is 9.47 Å². The Hall–Kier alpha value is -1.16. The number of pyridine rings is 1. The molecule has 0 aliphatic carbocycles. The van der Waals surface area contributed by atoms with E-state index in [0.717, 1.165) is 28.7 Å². The van der Waals surface area contributed by atoms with E-state index in [1.807, 2.05) is 6.08 Å². The van der Waals surface area contributed by atoms with Gasteiger partial charge >= 0.3 is 0 Å². The maximum absolute atomic E-state index is 5.27. The van der Waals surface area contributed by atoms with Crippen molar-refractivity contribution < 1.29 is 9.47 Å². The van der Waals surface area contributed by atoms with E-state index in [0.29, 0.717) is 0 Å². The highest BCUT2D eigenvalue weighted by atomic mass is 32.2. The lowest BCUT2D eigenvalue weighted by Crippen LogP contribution is -1.97. The predicted molar refractivity (Wildman–Crippen MR) is 63.7 cm³/mol. The molecule has 0 saturated carbocycles. The van der Waals surface area contributed by atoms with Gasteiger partial charge in [0.2, 0.25) is 0 Å². The molecule has 0 spiro atoms. The Balaban J connectivity index is 2.81. The summed E-state index contributed by atoms with van der Waals surface area (Å²) in [7, 11) is 3.25. The second-order valence-corrected chi connectivity index (χ2v) is 3.83. The molecule has 82 valence electrons. The van der Waals surface area contributed by atoms with Crippen LogP contribution in [-0.2, 0) is 5.75 Å². The summed E-state index contributed by atoms with van der Waals surface area (Å²) in [5.74, 6) is 3.15. The Morgan fingerprint density at radius 2 is 2.27 bits per heavy atom. The first kappa shape index (κ1) is 11.9. The van der Waals surface area contributed by atoms with Gasteiger partial charge in [-0.15, -0.1) is 6.58 Å². The Bertz CT molecular complexity index is 328. The predicted octanol–water partition coefficient (Wildman–Crippen LogP) is 2.52. The van der Waals surface area contributed by atoms with Crippen molar-refractivity contribution in [3.05, 3.63) is 30.6 Å². The average Bonchev–Trinajstić information content (AvgIpc) is 2.29. The fourth-order valence-electron chi connectivity index (χ4n) is 1.19. The number of thioether (sulfide) groups is 1. The smallest absolute Gasteiger partial charge is 0.183 e. The maximum atomic E-state index is 5.27. The SMILES string of the molecule is C=CCSCc1nccc(OC)c1OC. The minimum Gasteiger partial charge on any atom is -0.493 e. The Morgan fingerprint density at radius 1 is 1.47 bits per heavy atom. The summed E-state index contributed by atoms with van der Waals surface area (Å²) in [6.07, 6.45) is 3.60. The van der Waals surface area contributed by atoms with Crippen molar-refractivity contribution >= 4 is 11.8 Å². The van der Waals surface area contributed by atoms with Crippen molar-refractivity contribution in [2.24, 2.45) is 0 Å². The van der Waals surface area contributed by atoms with E-state index >= 15 is 0 Å². The number of hydrogen-bond acceptors (Lipinski definition) is 4. The van der Waals surface area contributed by atoms with Crippen molar-refractivity contribution in [1.82, 2.24) is 4.98 Å². The van der Waals surface area contributed by atoms with Crippen LogP contribution in [0.2, 0.25) is 0 Å². The van der Waals surface area contributed by atoms with Gasteiger partial charge in [0, 0.05) is 23.8 Å². The highest BCUT2D eigenvalue weighted by Gasteiger charge is 2.10. The van der Waals surface area contributed by atoms with Crippen LogP contribution in [0, 0.1) is 0 Å². The van der Waals surface area contributed by atoms with Gasteiger partial charge in [-0.3, -0.25) is 4.98 Å². The molecule has 1 aromatic rings. The molecule has 1 aromatic heterocycles. The van der Waals surface area contributed by atoms with Crippen molar-refractivity contribution in [3.8, 4) is 11.5 Å². The van der Waals surface area contributed by atoms with Crippen LogP contribution in [0.4, 0.5) is 0 Å². The fourth-order valence-corrected chi connectivity index (χ4v) is 1.88. The van der Waals surface area contributed by atoms with Gasteiger partial charge in [0.1, 0.15) is 0 Å². The van der Waals surface area contributed by atoms with Gasteiger partial charge in [0.05, 0.1) is 19.9 Å². The van der Waals surface area contributed by atoms with Crippen molar-refractivity contribution in [1.29, 1.82) is 0 Å². The molecule has 0 atom stereocenters. The standard InChI is InChI=1S/C11H15NO2S/c1-4-7-15-8-9-11(14-3)10(13-2)5-6-12-9/h4-6H,1,7-8H2,2-3H3. The van der Waals surface area contributed by atoms with Crippen molar-refractivity contribution in [2.75, 3.05) is 20.0 Å². The largest absolute Gasteiger partial charge is 0.493 e. The lowest BCUT2D eigenvalue weighted by molar-refractivity contribution is 0.350. The van der Waals surface area contributed by atoms with Gasteiger partial charge in [0.25, 0.3) is 0 Å². The van der Waals surface area contributed by atoms with Gasteiger partial charge in [-0.1, -0.05) is 6.08 Å². The molecule has 0 saturated heterocycles. The summed E-state index contributed by atoms with van der Waals surface area (Å²) in [6, 6.07) is 1.79. The Kier molecular flexibility index (Phi) is 5.04. The lowest BCUT2D eigenvalue weighted by Gasteiger charge is -2.10. The zero-order valence-corrected chi connectivity index (χ0v) is 9.84. The van der Waals surface area contributed by atoms with E-state index in [1.165, 1.54) is 0 Å². The fraction of sp³-hybridized carbons (Fsp3) is 0.364. The van der Waals surface area contributed by atoms with Crippen LogP contribution in [0.25, 0.3) is 0 Å². The van der Waals surface area contributed by atoms with Gasteiger partial charge in [-0.05, 0) is 0 Å². The lowest BCUT2D eigenvalue weighted by atomic mass is 10.3. The molecule has 4 heteroatoms. The van der Waals surface area contributed by atoms with E-state index in [4.69, 9.17) is 9.47 Å². The van der Waals surface area contributed by atoms with E-state index in [2.05, 4.69) is 11.6 Å². The molecule has 0 aliphatic rings. The number of aromatic nitrogens is 1. The highest BCUT2D eigenvalue weighted by molar-refractivity contribution is 7.98. The third-order valence-electron chi connectivity index (χ3n) is 1.84. The molecule has 0 fully saturated rings. The highest BCUT2D eigenvalue weighted by Crippen LogP contribution is 2.31. The second-order valence-electron chi connectivity index (χ2n) is 2.80. The second kappa shape index (κ2) is 6.35. The van der Waals surface area contributed by atoms with Crippen LogP contribution in [0.15, 0.2) is 24.9 Å². The number of rotatable bonds is 6. The molecule has 1 rings (SSSR count). The monoisotopic (exact) mass is 225 g/mol. The summed E-state index contributed by atoms with van der Waals surface area (Å²) in [5, 5.41) is 0. The zero-order chi connectivity index (χ0) is 11.1. The summed E-state index contributed by atoms with van der Waals surface area (Å²) in [5.41, 5.74) is 0.906. The van der Waals surface area contributed by atoms with E-state index in [-0.39, 0.29) is 0 Å². The molecule has 0 aliphatic heterocycles. The van der Waals surface area contributed by atoms with Crippen LogP contribution in [0.3, 0.4) is 0 Å². The maximum Gasteiger partial charge on any atom is 0.183 e. The molecular weight excluding hydrogens is 210 g/mol. The Labute approximate surface area is 94.5 Å². The van der Waals surface area contributed by atoms with Crippen molar-refractivity contribution in [2.45, 2.75) is 5.75 Å². The molecule has 0 amide bonds. The normalized spacial score (nSPS) is 9.73. The first-order valence-electron chi connectivity index (χ1n) is 4.58. The molecule has 0 unspecified atom stereocenters. The number of nitrogens with zero attached hydrogens (tertiary/aromatic N) is 1. The third-order valence-corrected chi connectivity index (χ3v) is 2.79. The van der Waals surface area contributed by atoms with Crippen LogP contribution in [0.1, 0.15) is 5.69 Å². The number of methoxy groups -OCH3 is 2. The zero-order valence-electron chi connectivity index (χ0n) is 9.03. The van der Waals surface area contributed by atoms with Crippen molar-refractivity contribution in [3.63, 3.8) is 0 Å². The van der Waals surface area contributed by atoms with E-state index in [1.54, 1.807) is 38.2 Å². The van der Waals surface area contributed by atoms with Gasteiger partial charge in [-0.2, -0.15) is 11.8 Å². The summed E-state index contributed by atoms with van der Waals surface area (Å²) >= 11 is 1.74. The minimum atomic E-state index is 0.719. The molecular formula is C11H15NO2S.